The largest absolute Gasteiger partial charge is 0.393 e. The SMILES string of the molecule is O=C(c1ccncc1Cl)N1CCC(O)CC1. The third-order valence-corrected chi connectivity index (χ3v) is 3.06. The Balaban J connectivity index is 2.11. The average molecular weight is 241 g/mol. The van der Waals surface area contributed by atoms with Crippen molar-refractivity contribution >= 4 is 17.5 Å². The lowest BCUT2D eigenvalue weighted by Crippen LogP contribution is -2.40. The van der Waals surface area contributed by atoms with Gasteiger partial charge in [0.15, 0.2) is 0 Å². The van der Waals surface area contributed by atoms with Gasteiger partial charge in [0.25, 0.3) is 5.91 Å². The predicted molar refractivity (Wildman–Crippen MR) is 60.4 cm³/mol. The summed E-state index contributed by atoms with van der Waals surface area (Å²) in [6.45, 7) is 1.16. The molecular weight excluding hydrogens is 228 g/mol. The molecule has 0 aliphatic carbocycles. The van der Waals surface area contributed by atoms with Crippen LogP contribution >= 0.6 is 11.6 Å². The summed E-state index contributed by atoms with van der Waals surface area (Å²) in [7, 11) is 0. The molecule has 1 aromatic rings. The monoisotopic (exact) mass is 240 g/mol. The van der Waals surface area contributed by atoms with E-state index in [2.05, 4.69) is 4.98 Å². The number of amides is 1. The highest BCUT2D eigenvalue weighted by Crippen LogP contribution is 2.18. The van der Waals surface area contributed by atoms with Crippen molar-refractivity contribution in [3.05, 3.63) is 29.0 Å². The minimum absolute atomic E-state index is 0.0840. The van der Waals surface area contributed by atoms with Crippen molar-refractivity contribution < 1.29 is 9.90 Å². The number of piperidine rings is 1. The molecule has 0 aromatic carbocycles. The van der Waals surface area contributed by atoms with Gasteiger partial charge in [-0.25, -0.2) is 0 Å². The minimum atomic E-state index is -0.281. The average Bonchev–Trinajstić information content (AvgIpc) is 2.30. The Morgan fingerprint density at radius 3 is 2.81 bits per heavy atom. The van der Waals surface area contributed by atoms with Crippen LogP contribution in [0, 0.1) is 0 Å². The topological polar surface area (TPSA) is 53.4 Å². The van der Waals surface area contributed by atoms with Crippen LogP contribution in [0.4, 0.5) is 0 Å². The number of likely N-dealkylation sites (tertiary alicyclic amines) is 1. The van der Waals surface area contributed by atoms with Crippen molar-refractivity contribution in [2.45, 2.75) is 18.9 Å². The molecule has 2 rings (SSSR count). The standard InChI is InChI=1S/C11H13ClN2O2/c12-10-7-13-4-1-9(10)11(16)14-5-2-8(15)3-6-14/h1,4,7-8,15H,2-3,5-6H2. The minimum Gasteiger partial charge on any atom is -0.393 e. The number of hydrogen-bond donors (Lipinski definition) is 1. The van der Waals surface area contributed by atoms with Gasteiger partial charge >= 0.3 is 0 Å². The third-order valence-electron chi connectivity index (χ3n) is 2.75. The predicted octanol–water partition coefficient (Wildman–Crippen LogP) is 1.33. The summed E-state index contributed by atoms with van der Waals surface area (Å²) in [5.41, 5.74) is 0.480. The lowest BCUT2D eigenvalue weighted by Gasteiger charge is -2.29. The van der Waals surface area contributed by atoms with E-state index in [1.807, 2.05) is 0 Å². The Morgan fingerprint density at radius 1 is 1.50 bits per heavy atom. The van der Waals surface area contributed by atoms with E-state index in [0.717, 1.165) is 0 Å². The summed E-state index contributed by atoms with van der Waals surface area (Å²) in [6, 6.07) is 1.62. The maximum atomic E-state index is 12.1. The summed E-state index contributed by atoms with van der Waals surface area (Å²) >= 11 is 5.91. The summed E-state index contributed by atoms with van der Waals surface area (Å²) in [5.74, 6) is -0.0840. The van der Waals surface area contributed by atoms with Crippen LogP contribution in [-0.2, 0) is 0 Å². The molecule has 4 nitrogen and oxygen atoms in total. The second-order valence-electron chi connectivity index (χ2n) is 3.88. The number of hydrogen-bond acceptors (Lipinski definition) is 3. The number of rotatable bonds is 1. The van der Waals surface area contributed by atoms with E-state index >= 15 is 0 Å². The Hall–Kier alpha value is -1.13. The Bertz CT molecular complexity index is 389. The van der Waals surface area contributed by atoms with Crippen LogP contribution in [0.5, 0.6) is 0 Å². The fraction of sp³-hybridized carbons (Fsp3) is 0.455. The molecule has 1 fully saturated rings. The first kappa shape index (κ1) is 11.4. The second-order valence-corrected chi connectivity index (χ2v) is 4.29. The van der Waals surface area contributed by atoms with Gasteiger partial charge in [-0.15, -0.1) is 0 Å². The first-order valence-electron chi connectivity index (χ1n) is 5.25. The van der Waals surface area contributed by atoms with E-state index in [4.69, 9.17) is 11.6 Å². The fourth-order valence-electron chi connectivity index (χ4n) is 1.79. The molecule has 1 saturated heterocycles. The van der Waals surface area contributed by atoms with Crippen molar-refractivity contribution in [3.63, 3.8) is 0 Å². The zero-order valence-corrected chi connectivity index (χ0v) is 9.52. The van der Waals surface area contributed by atoms with Crippen LogP contribution in [0.3, 0.4) is 0 Å². The molecule has 0 saturated carbocycles. The molecule has 0 bridgehead atoms. The number of halogens is 1. The smallest absolute Gasteiger partial charge is 0.255 e. The van der Waals surface area contributed by atoms with Gasteiger partial charge in [-0.3, -0.25) is 9.78 Å². The summed E-state index contributed by atoms with van der Waals surface area (Å²) < 4.78 is 0. The van der Waals surface area contributed by atoms with Gasteiger partial charge in [0.05, 0.1) is 16.7 Å². The molecule has 0 spiro atoms. The molecule has 1 aromatic heterocycles. The van der Waals surface area contributed by atoms with Gasteiger partial charge in [-0.1, -0.05) is 11.6 Å². The Morgan fingerprint density at radius 2 is 2.19 bits per heavy atom. The highest BCUT2D eigenvalue weighted by molar-refractivity contribution is 6.33. The number of nitrogens with zero attached hydrogens (tertiary/aromatic N) is 2. The van der Waals surface area contributed by atoms with Crippen LogP contribution in [0.15, 0.2) is 18.5 Å². The zero-order valence-electron chi connectivity index (χ0n) is 8.77. The van der Waals surface area contributed by atoms with Crippen molar-refractivity contribution in [2.24, 2.45) is 0 Å². The number of aromatic nitrogens is 1. The second kappa shape index (κ2) is 4.80. The lowest BCUT2D eigenvalue weighted by molar-refractivity contribution is 0.0546. The van der Waals surface area contributed by atoms with Gasteiger partial charge < -0.3 is 10.0 Å². The normalized spacial score (nSPS) is 17.5. The van der Waals surface area contributed by atoms with E-state index < -0.39 is 0 Å². The van der Waals surface area contributed by atoms with Gasteiger partial charge in [-0.2, -0.15) is 0 Å². The molecular formula is C11H13ClN2O2. The fourth-order valence-corrected chi connectivity index (χ4v) is 1.99. The maximum Gasteiger partial charge on any atom is 0.255 e. The van der Waals surface area contributed by atoms with E-state index in [-0.39, 0.29) is 12.0 Å². The van der Waals surface area contributed by atoms with Gasteiger partial charge in [0.1, 0.15) is 0 Å². The van der Waals surface area contributed by atoms with Crippen molar-refractivity contribution in [1.29, 1.82) is 0 Å². The summed E-state index contributed by atoms with van der Waals surface area (Å²) in [5, 5.41) is 9.73. The lowest BCUT2D eigenvalue weighted by atomic mass is 10.1. The molecule has 2 heterocycles. The third kappa shape index (κ3) is 2.33. The molecule has 1 amide bonds. The van der Waals surface area contributed by atoms with Gasteiger partial charge in [-0.05, 0) is 18.9 Å². The van der Waals surface area contributed by atoms with Crippen LogP contribution in [0.2, 0.25) is 5.02 Å². The van der Waals surface area contributed by atoms with Crippen molar-refractivity contribution in [3.8, 4) is 0 Å². The zero-order chi connectivity index (χ0) is 11.5. The quantitative estimate of drug-likeness (QED) is 0.806. The highest BCUT2D eigenvalue weighted by atomic mass is 35.5. The first-order valence-corrected chi connectivity index (χ1v) is 5.63. The highest BCUT2D eigenvalue weighted by Gasteiger charge is 2.23. The van der Waals surface area contributed by atoms with Crippen molar-refractivity contribution in [2.75, 3.05) is 13.1 Å². The molecule has 0 unspecified atom stereocenters. The molecule has 1 N–H and O–H groups in total. The number of aliphatic hydroxyl groups is 1. The summed E-state index contributed by atoms with van der Waals surface area (Å²) in [4.78, 5) is 17.6. The van der Waals surface area contributed by atoms with Crippen LogP contribution in [0.25, 0.3) is 0 Å². The molecule has 86 valence electrons. The molecule has 1 aliphatic rings. The van der Waals surface area contributed by atoms with Crippen molar-refractivity contribution in [1.82, 2.24) is 9.88 Å². The summed E-state index contributed by atoms with van der Waals surface area (Å²) in [6.07, 6.45) is 4.01. The van der Waals surface area contributed by atoms with Crippen LogP contribution < -0.4 is 0 Å². The van der Waals surface area contributed by atoms with E-state index in [1.54, 1.807) is 17.2 Å². The Labute approximate surface area is 98.9 Å². The Kier molecular flexibility index (Phi) is 3.41. The van der Waals surface area contributed by atoms with Gasteiger partial charge in [0, 0.05) is 25.5 Å². The number of pyridine rings is 1. The molecule has 5 heteroatoms. The first-order chi connectivity index (χ1) is 7.68. The van der Waals surface area contributed by atoms with E-state index in [1.165, 1.54) is 6.20 Å². The van der Waals surface area contributed by atoms with Crippen LogP contribution in [0.1, 0.15) is 23.2 Å². The van der Waals surface area contributed by atoms with E-state index in [0.29, 0.717) is 36.5 Å². The number of carbonyl (C=O) groups is 1. The molecule has 0 atom stereocenters. The van der Waals surface area contributed by atoms with Crippen LogP contribution in [-0.4, -0.2) is 40.1 Å². The maximum absolute atomic E-state index is 12.1. The number of carbonyl (C=O) groups excluding carboxylic acids is 1. The number of aliphatic hydroxyl groups excluding tert-OH is 1. The molecule has 16 heavy (non-hydrogen) atoms. The molecule has 1 aliphatic heterocycles. The van der Waals surface area contributed by atoms with E-state index in [9.17, 15) is 9.90 Å². The molecule has 0 radical (unpaired) electrons. The van der Waals surface area contributed by atoms with Gasteiger partial charge in [0.2, 0.25) is 0 Å².